The van der Waals surface area contributed by atoms with Crippen LogP contribution in [-0.2, 0) is 42.7 Å². The number of hydrogen-bond acceptors (Lipinski definition) is 2. The van der Waals surface area contributed by atoms with Gasteiger partial charge in [-0.1, -0.05) is 0 Å². The van der Waals surface area contributed by atoms with Crippen LogP contribution in [0.5, 0.6) is 0 Å². The van der Waals surface area contributed by atoms with Crippen molar-refractivity contribution in [1.29, 1.82) is 0 Å². The van der Waals surface area contributed by atoms with E-state index in [9.17, 15) is 0 Å². The first-order valence-corrected chi connectivity index (χ1v) is 1.55. The third-order valence-corrected chi connectivity index (χ3v) is 0. The molecule has 0 saturated carbocycles. The molecule has 0 aliphatic rings. The van der Waals surface area contributed by atoms with E-state index < -0.39 is 0 Å². The molecule has 0 unspecified atom stereocenters. The Morgan fingerprint density at radius 3 is 1.20 bits per heavy atom. The van der Waals surface area contributed by atoms with Crippen LogP contribution >= 0.6 is 0 Å². The molecule has 0 aromatic rings. The Kier molecular flexibility index (Phi) is 115. The summed E-state index contributed by atoms with van der Waals surface area (Å²) in [7, 11) is 0. The van der Waals surface area contributed by atoms with Crippen LogP contribution in [0.15, 0.2) is 0 Å². The molecule has 0 rings (SSSR count). The van der Waals surface area contributed by atoms with Crippen molar-refractivity contribution >= 4 is 37.7 Å². The number of rotatable bonds is 0. The second-order valence-corrected chi connectivity index (χ2v) is 0. The molecule has 0 aromatic heterocycles. The zero-order valence-corrected chi connectivity index (χ0v) is 7.52. The van der Waals surface area contributed by atoms with Crippen molar-refractivity contribution in [3.63, 3.8) is 0 Å². The molecule has 0 aliphatic heterocycles. The second kappa shape index (κ2) is 36.6. The van der Waals surface area contributed by atoms with Gasteiger partial charge in [0.15, 0.2) is 0 Å². The summed E-state index contributed by atoms with van der Waals surface area (Å²) in [5.74, 6) is 0. The van der Waals surface area contributed by atoms with Gasteiger partial charge in [0.25, 0.3) is 0 Å². The molecule has 0 aliphatic carbocycles. The summed E-state index contributed by atoms with van der Waals surface area (Å²) in [4.78, 5) is 0. The first-order valence-electron chi connectivity index (χ1n) is 0.303. The third kappa shape index (κ3) is 23.6. The average molecular weight is 227 g/mol. The van der Waals surface area contributed by atoms with Crippen LogP contribution in [0.3, 0.4) is 0 Å². The van der Waals surface area contributed by atoms with Crippen LogP contribution < -0.4 is 0 Å². The summed E-state index contributed by atoms with van der Waals surface area (Å²) in [5.41, 5.74) is 0. The third-order valence-electron chi connectivity index (χ3n) is 0. The maximum absolute atomic E-state index is 8.26. The molecule has 2 nitrogen and oxygen atoms in total. The predicted molar refractivity (Wildman–Crippen MR) is 7.13 cm³/mol. The molecule has 0 fully saturated rings. The van der Waals surface area contributed by atoms with Crippen molar-refractivity contribution in [2.24, 2.45) is 0 Å². The molecular formula is CaCoMoO2. The van der Waals surface area contributed by atoms with Crippen LogP contribution in [-0.4, -0.2) is 37.7 Å². The normalized spacial score (nSPS) is 1.80. The predicted octanol–water partition coefficient (Wildman–Crippen LogP) is -0.623. The SMILES string of the molecule is [Ca].[O]=[Co].[O]=[Mo]. The summed E-state index contributed by atoms with van der Waals surface area (Å²) in [6.07, 6.45) is 0. The first-order chi connectivity index (χ1) is 2.00. The summed E-state index contributed by atoms with van der Waals surface area (Å²) in [6.45, 7) is 0. The Labute approximate surface area is 79.1 Å². The van der Waals surface area contributed by atoms with Gasteiger partial charge in [-0.25, -0.2) is 0 Å². The van der Waals surface area contributed by atoms with Crippen molar-refractivity contribution < 1.29 is 42.7 Å². The van der Waals surface area contributed by atoms with Crippen molar-refractivity contribution in [3.8, 4) is 0 Å². The van der Waals surface area contributed by atoms with E-state index in [1.54, 1.807) is 0 Å². The van der Waals surface area contributed by atoms with Gasteiger partial charge < -0.3 is 0 Å². The van der Waals surface area contributed by atoms with E-state index in [0.29, 0.717) is 19.8 Å². The fourth-order valence-corrected chi connectivity index (χ4v) is 0. The minimum atomic E-state index is 0. The van der Waals surface area contributed by atoms with Crippen molar-refractivity contribution in [1.82, 2.24) is 0 Å². The summed E-state index contributed by atoms with van der Waals surface area (Å²) >= 11 is 3.01. The number of hydrogen-bond donors (Lipinski definition) is 0. The molecule has 2 radical (unpaired) electrons. The quantitative estimate of drug-likeness (QED) is 0.516. The van der Waals surface area contributed by atoms with Gasteiger partial charge in [0.1, 0.15) is 0 Å². The minimum absolute atomic E-state index is 0. The Bertz CT molecular complexity index is 11.6. The van der Waals surface area contributed by atoms with Gasteiger partial charge in [-0.05, 0) is 0 Å². The van der Waals surface area contributed by atoms with Gasteiger partial charge in [-0.2, -0.15) is 0 Å². The van der Waals surface area contributed by atoms with Gasteiger partial charge in [0.2, 0.25) is 0 Å². The van der Waals surface area contributed by atoms with E-state index in [1.807, 2.05) is 0 Å². The van der Waals surface area contributed by atoms with Gasteiger partial charge in [-0.15, -0.1) is 0 Å². The maximum atomic E-state index is 8.26. The van der Waals surface area contributed by atoms with Gasteiger partial charge >= 0.3 is 42.7 Å². The zero-order valence-electron chi connectivity index (χ0n) is 2.27. The fourth-order valence-electron chi connectivity index (χ4n) is 0. The van der Waals surface area contributed by atoms with E-state index in [0.717, 1.165) is 0 Å². The summed E-state index contributed by atoms with van der Waals surface area (Å²) < 4.78 is 16.2. The molecule has 5 heteroatoms. The van der Waals surface area contributed by atoms with Crippen LogP contribution in [0.4, 0.5) is 0 Å². The zero-order chi connectivity index (χ0) is 4.00. The molecular weight excluding hydrogens is 227 g/mol. The molecule has 0 heterocycles. The van der Waals surface area contributed by atoms with Crippen LogP contribution in [0.1, 0.15) is 0 Å². The molecule has 0 N–H and O–H groups in total. The molecule has 5 heavy (non-hydrogen) atoms. The Balaban J connectivity index is -0.0000000133. The van der Waals surface area contributed by atoms with E-state index in [1.165, 1.54) is 0 Å². The molecule has 0 bridgehead atoms. The Morgan fingerprint density at radius 2 is 1.20 bits per heavy atom. The average Bonchev–Trinajstić information content (AvgIpc) is 1.50. The van der Waals surface area contributed by atoms with E-state index in [4.69, 9.17) is 7.26 Å². The van der Waals surface area contributed by atoms with Crippen molar-refractivity contribution in [3.05, 3.63) is 0 Å². The molecule has 0 aromatic carbocycles. The van der Waals surface area contributed by atoms with Gasteiger partial charge in [-0.3, -0.25) is 0 Å². The van der Waals surface area contributed by atoms with E-state index in [-0.39, 0.29) is 37.7 Å². The molecule has 0 amide bonds. The van der Waals surface area contributed by atoms with Crippen molar-refractivity contribution in [2.75, 3.05) is 0 Å². The molecule has 29 valence electrons. The van der Waals surface area contributed by atoms with Crippen LogP contribution in [0.25, 0.3) is 0 Å². The van der Waals surface area contributed by atoms with E-state index >= 15 is 0 Å². The topological polar surface area (TPSA) is 34.1 Å². The van der Waals surface area contributed by atoms with E-state index in [2.05, 4.69) is 15.7 Å². The van der Waals surface area contributed by atoms with Crippen LogP contribution in [0, 0.1) is 0 Å². The monoisotopic (exact) mass is 229 g/mol. The van der Waals surface area contributed by atoms with Gasteiger partial charge in [0.05, 0.1) is 0 Å². The molecule has 0 saturated heterocycles. The summed E-state index contributed by atoms with van der Waals surface area (Å²) in [6, 6.07) is 0. The Morgan fingerprint density at radius 1 is 1.20 bits per heavy atom. The fraction of sp³-hybridized carbons (Fsp3) is 0. The molecule has 0 atom stereocenters. The standard InChI is InChI=1S/Ca.Co.Mo.2O. The van der Waals surface area contributed by atoms with Gasteiger partial charge in [0, 0.05) is 37.7 Å². The molecule has 0 spiro atoms. The van der Waals surface area contributed by atoms with Crippen LogP contribution in [0.2, 0.25) is 0 Å². The Hall–Kier alpha value is 2.05. The summed E-state index contributed by atoms with van der Waals surface area (Å²) in [5, 5.41) is 0. The van der Waals surface area contributed by atoms with Crippen molar-refractivity contribution in [2.45, 2.75) is 0 Å². The second-order valence-electron chi connectivity index (χ2n) is 0. The first kappa shape index (κ1) is 15.7.